The van der Waals surface area contributed by atoms with Crippen molar-refractivity contribution in [1.29, 1.82) is 0 Å². The first-order valence-electron chi connectivity index (χ1n) is 6.85. The average molecular weight is 258 g/mol. The van der Waals surface area contributed by atoms with Crippen LogP contribution in [-0.4, -0.2) is 49.5 Å². The molecule has 0 radical (unpaired) electrons. The highest BCUT2D eigenvalue weighted by molar-refractivity contribution is 5.77. The maximum Gasteiger partial charge on any atom is 0.234 e. The van der Waals surface area contributed by atoms with Gasteiger partial charge in [-0.25, -0.2) is 0 Å². The van der Waals surface area contributed by atoms with Gasteiger partial charge in [-0.2, -0.15) is 0 Å². The summed E-state index contributed by atoms with van der Waals surface area (Å²) in [5, 5.41) is 15.4. The first-order chi connectivity index (χ1) is 8.58. The lowest BCUT2D eigenvalue weighted by atomic mass is 10.1. The molecule has 0 aromatic heterocycles. The fraction of sp³-hybridized carbons (Fsp3) is 0.923. The zero-order chi connectivity index (χ0) is 13.4. The molecule has 0 saturated carbocycles. The van der Waals surface area contributed by atoms with Gasteiger partial charge in [0.1, 0.15) is 0 Å². The Hall–Kier alpha value is -0.650. The van der Waals surface area contributed by atoms with Crippen molar-refractivity contribution >= 4 is 5.91 Å². The van der Waals surface area contributed by atoms with Gasteiger partial charge >= 0.3 is 0 Å². The van der Waals surface area contributed by atoms with Crippen LogP contribution in [0.1, 0.15) is 33.1 Å². The largest absolute Gasteiger partial charge is 0.391 e. The van der Waals surface area contributed by atoms with E-state index in [2.05, 4.69) is 10.6 Å². The van der Waals surface area contributed by atoms with E-state index in [-0.39, 0.29) is 18.6 Å². The van der Waals surface area contributed by atoms with Gasteiger partial charge in [-0.05, 0) is 25.2 Å². The van der Waals surface area contributed by atoms with Crippen LogP contribution in [0.5, 0.6) is 0 Å². The molecule has 1 aliphatic heterocycles. The van der Waals surface area contributed by atoms with Crippen LogP contribution in [0.3, 0.4) is 0 Å². The van der Waals surface area contributed by atoms with E-state index in [4.69, 9.17) is 4.74 Å². The number of ether oxygens (including phenoxy) is 1. The summed E-state index contributed by atoms with van der Waals surface area (Å²) in [5.41, 5.74) is 0. The summed E-state index contributed by atoms with van der Waals surface area (Å²) >= 11 is 0. The molecule has 1 rings (SSSR count). The summed E-state index contributed by atoms with van der Waals surface area (Å²) < 4.78 is 5.44. The van der Waals surface area contributed by atoms with Crippen LogP contribution in [0, 0.1) is 5.92 Å². The molecule has 1 amide bonds. The normalized spacial score (nSPS) is 21.2. The van der Waals surface area contributed by atoms with Gasteiger partial charge in [0.2, 0.25) is 5.91 Å². The van der Waals surface area contributed by atoms with Gasteiger partial charge in [0.05, 0.1) is 18.8 Å². The second-order valence-electron chi connectivity index (χ2n) is 5.35. The molecule has 18 heavy (non-hydrogen) atoms. The standard InChI is InChI=1S/C13H26N2O3/c1-10(2)6-11(16)7-15-13(17)9-14-8-12-4-3-5-18-12/h10-12,14,16H,3-9H2,1-2H3,(H,15,17). The van der Waals surface area contributed by atoms with E-state index in [9.17, 15) is 9.90 Å². The molecule has 0 aromatic rings. The third-order valence-electron chi connectivity index (χ3n) is 2.96. The monoisotopic (exact) mass is 258 g/mol. The zero-order valence-corrected chi connectivity index (χ0v) is 11.4. The van der Waals surface area contributed by atoms with Crippen LogP contribution in [-0.2, 0) is 9.53 Å². The van der Waals surface area contributed by atoms with E-state index in [0.29, 0.717) is 18.9 Å². The highest BCUT2D eigenvalue weighted by Gasteiger charge is 2.15. The second-order valence-corrected chi connectivity index (χ2v) is 5.35. The van der Waals surface area contributed by atoms with Crippen molar-refractivity contribution in [3.8, 4) is 0 Å². The quantitative estimate of drug-likeness (QED) is 0.585. The molecule has 1 aliphatic rings. The van der Waals surface area contributed by atoms with Crippen LogP contribution < -0.4 is 10.6 Å². The van der Waals surface area contributed by atoms with Crippen molar-refractivity contribution < 1.29 is 14.6 Å². The molecule has 2 unspecified atom stereocenters. The predicted octanol–water partition coefficient (Wildman–Crippen LogP) is 0.278. The summed E-state index contributed by atoms with van der Waals surface area (Å²) in [6, 6.07) is 0. The molecule has 3 N–H and O–H groups in total. The van der Waals surface area contributed by atoms with Crippen molar-refractivity contribution in [3.63, 3.8) is 0 Å². The van der Waals surface area contributed by atoms with Crippen LogP contribution >= 0.6 is 0 Å². The minimum Gasteiger partial charge on any atom is -0.391 e. The third-order valence-corrected chi connectivity index (χ3v) is 2.96. The lowest BCUT2D eigenvalue weighted by Gasteiger charge is -2.14. The number of hydrogen-bond acceptors (Lipinski definition) is 4. The van der Waals surface area contributed by atoms with E-state index in [0.717, 1.165) is 26.0 Å². The molecule has 1 saturated heterocycles. The Morgan fingerprint density at radius 1 is 1.50 bits per heavy atom. The fourth-order valence-corrected chi connectivity index (χ4v) is 2.07. The number of hydrogen-bond donors (Lipinski definition) is 3. The maximum absolute atomic E-state index is 11.5. The first kappa shape index (κ1) is 15.4. The summed E-state index contributed by atoms with van der Waals surface area (Å²) in [4.78, 5) is 11.5. The summed E-state index contributed by atoms with van der Waals surface area (Å²) in [6.45, 7) is 6.27. The molecule has 5 nitrogen and oxygen atoms in total. The molecule has 0 aliphatic carbocycles. The molecule has 0 aromatic carbocycles. The number of aliphatic hydroxyl groups excluding tert-OH is 1. The van der Waals surface area contributed by atoms with E-state index in [1.807, 2.05) is 13.8 Å². The highest BCUT2D eigenvalue weighted by atomic mass is 16.5. The minimum atomic E-state index is -0.452. The molecule has 1 fully saturated rings. The molecular formula is C13H26N2O3. The van der Waals surface area contributed by atoms with E-state index < -0.39 is 6.10 Å². The molecule has 2 atom stereocenters. The highest BCUT2D eigenvalue weighted by Crippen LogP contribution is 2.10. The number of aliphatic hydroxyl groups is 1. The van der Waals surface area contributed by atoms with Crippen LogP contribution in [0.4, 0.5) is 0 Å². The summed E-state index contributed by atoms with van der Waals surface area (Å²) in [5.74, 6) is 0.366. The Bertz CT molecular complexity index is 240. The average Bonchev–Trinajstić information content (AvgIpc) is 2.78. The topological polar surface area (TPSA) is 70.6 Å². The molecular weight excluding hydrogens is 232 g/mol. The molecule has 0 bridgehead atoms. The third kappa shape index (κ3) is 6.93. The van der Waals surface area contributed by atoms with Crippen molar-refractivity contribution in [1.82, 2.24) is 10.6 Å². The summed E-state index contributed by atoms with van der Waals surface area (Å²) in [7, 11) is 0. The van der Waals surface area contributed by atoms with Crippen molar-refractivity contribution in [2.45, 2.75) is 45.3 Å². The maximum atomic E-state index is 11.5. The van der Waals surface area contributed by atoms with Gasteiger partial charge in [0, 0.05) is 19.7 Å². The SMILES string of the molecule is CC(C)CC(O)CNC(=O)CNCC1CCCO1. The van der Waals surface area contributed by atoms with E-state index in [1.54, 1.807) is 0 Å². The van der Waals surface area contributed by atoms with Gasteiger partial charge in [0.25, 0.3) is 0 Å². The van der Waals surface area contributed by atoms with Crippen molar-refractivity contribution in [2.75, 3.05) is 26.2 Å². The number of carbonyl (C=O) groups excluding carboxylic acids is 1. The number of carbonyl (C=O) groups is 1. The molecule has 1 heterocycles. The molecule has 5 heteroatoms. The minimum absolute atomic E-state index is 0.0733. The van der Waals surface area contributed by atoms with E-state index in [1.165, 1.54) is 0 Å². The zero-order valence-electron chi connectivity index (χ0n) is 11.4. The van der Waals surface area contributed by atoms with E-state index >= 15 is 0 Å². The number of amides is 1. The first-order valence-corrected chi connectivity index (χ1v) is 6.85. The van der Waals surface area contributed by atoms with Gasteiger partial charge in [0.15, 0.2) is 0 Å². The van der Waals surface area contributed by atoms with Gasteiger partial charge in [-0.15, -0.1) is 0 Å². The Labute approximate surface area is 109 Å². The number of rotatable bonds is 8. The fourth-order valence-electron chi connectivity index (χ4n) is 2.07. The van der Waals surface area contributed by atoms with Crippen molar-refractivity contribution in [3.05, 3.63) is 0 Å². The van der Waals surface area contributed by atoms with Crippen LogP contribution in [0.25, 0.3) is 0 Å². The molecule has 106 valence electrons. The molecule has 0 spiro atoms. The van der Waals surface area contributed by atoms with Crippen LogP contribution in [0.15, 0.2) is 0 Å². The number of nitrogens with one attached hydrogen (secondary N) is 2. The predicted molar refractivity (Wildman–Crippen MR) is 70.3 cm³/mol. The second kappa shape index (κ2) is 8.45. The van der Waals surface area contributed by atoms with Gasteiger partial charge in [-0.3, -0.25) is 4.79 Å². The van der Waals surface area contributed by atoms with Gasteiger partial charge in [-0.1, -0.05) is 13.8 Å². The smallest absolute Gasteiger partial charge is 0.234 e. The Morgan fingerprint density at radius 2 is 2.28 bits per heavy atom. The Kier molecular flexibility index (Phi) is 7.23. The Morgan fingerprint density at radius 3 is 2.89 bits per heavy atom. The lowest BCUT2D eigenvalue weighted by Crippen LogP contribution is -2.40. The van der Waals surface area contributed by atoms with Gasteiger partial charge < -0.3 is 20.5 Å². The lowest BCUT2D eigenvalue weighted by molar-refractivity contribution is -0.120. The Balaban J connectivity index is 1.99. The van der Waals surface area contributed by atoms with Crippen molar-refractivity contribution in [2.24, 2.45) is 5.92 Å². The summed E-state index contributed by atoms with van der Waals surface area (Å²) in [6.07, 6.45) is 2.70. The van der Waals surface area contributed by atoms with Crippen LogP contribution in [0.2, 0.25) is 0 Å².